The summed E-state index contributed by atoms with van der Waals surface area (Å²) in [6.07, 6.45) is -1.36. The summed E-state index contributed by atoms with van der Waals surface area (Å²) in [5.41, 5.74) is -0.866. The molecule has 7 nitrogen and oxygen atoms in total. The molecule has 0 spiro atoms. The number of carbonyl (C=O) groups excluding carboxylic acids is 1. The van der Waals surface area contributed by atoms with E-state index in [4.69, 9.17) is 21.1 Å². The van der Waals surface area contributed by atoms with Crippen LogP contribution in [0.25, 0.3) is 0 Å². The molecule has 0 unspecified atom stereocenters. The molecule has 0 aliphatic rings. The summed E-state index contributed by atoms with van der Waals surface area (Å²) in [5, 5.41) is 9.18. The van der Waals surface area contributed by atoms with E-state index in [-0.39, 0.29) is 16.6 Å². The molecular formula is C13H16BrClN2O5. The second-order valence-corrected chi connectivity index (χ2v) is 6.34. The smallest absolute Gasteiger partial charge is 0.425 e. The minimum atomic E-state index is -1.56. The standard InChI is InChI=1S/C13H16BrClN2O5/c1-5-21-9-7(14)6-16-10(8(9)15)17(11(18)19)12(20)22-13(2,3)4/h6H,5H2,1-4H3,(H,18,19). The fourth-order valence-electron chi connectivity index (χ4n) is 1.43. The molecule has 0 saturated carbocycles. The first kappa shape index (κ1) is 18.5. The molecule has 0 aliphatic heterocycles. The van der Waals surface area contributed by atoms with Crippen LogP contribution in [0.5, 0.6) is 5.75 Å². The van der Waals surface area contributed by atoms with E-state index in [0.29, 0.717) is 16.0 Å². The zero-order valence-corrected chi connectivity index (χ0v) is 14.9. The summed E-state index contributed by atoms with van der Waals surface area (Å²) in [6, 6.07) is 0. The zero-order chi connectivity index (χ0) is 17.1. The Morgan fingerprint density at radius 1 is 1.45 bits per heavy atom. The number of hydrogen-bond donors (Lipinski definition) is 1. The Morgan fingerprint density at radius 2 is 2.05 bits per heavy atom. The van der Waals surface area contributed by atoms with Gasteiger partial charge in [0.15, 0.2) is 11.6 Å². The molecular weight excluding hydrogens is 380 g/mol. The van der Waals surface area contributed by atoms with Gasteiger partial charge in [0.2, 0.25) is 0 Å². The third-order valence-electron chi connectivity index (χ3n) is 2.18. The van der Waals surface area contributed by atoms with E-state index in [9.17, 15) is 14.7 Å². The minimum absolute atomic E-state index is 0.107. The molecule has 0 atom stereocenters. The van der Waals surface area contributed by atoms with Gasteiger partial charge >= 0.3 is 12.2 Å². The van der Waals surface area contributed by atoms with Gasteiger partial charge in [0.25, 0.3) is 0 Å². The fourth-order valence-corrected chi connectivity index (χ4v) is 2.25. The number of rotatable bonds is 3. The lowest BCUT2D eigenvalue weighted by Crippen LogP contribution is -2.40. The van der Waals surface area contributed by atoms with Crippen LogP contribution in [0.15, 0.2) is 10.7 Å². The van der Waals surface area contributed by atoms with E-state index in [1.54, 1.807) is 27.7 Å². The first-order chi connectivity index (χ1) is 10.1. The van der Waals surface area contributed by atoms with Crippen molar-refractivity contribution in [2.45, 2.75) is 33.3 Å². The van der Waals surface area contributed by atoms with Crippen molar-refractivity contribution < 1.29 is 24.2 Å². The topological polar surface area (TPSA) is 89.0 Å². The molecule has 1 aromatic rings. The number of hydrogen-bond acceptors (Lipinski definition) is 5. The van der Waals surface area contributed by atoms with Crippen LogP contribution in [0.2, 0.25) is 5.02 Å². The van der Waals surface area contributed by atoms with Crippen molar-refractivity contribution in [2.75, 3.05) is 11.5 Å². The third-order valence-corrected chi connectivity index (χ3v) is 3.09. The van der Waals surface area contributed by atoms with Gasteiger partial charge in [-0.15, -0.1) is 0 Å². The molecule has 1 heterocycles. The second-order valence-electron chi connectivity index (χ2n) is 5.10. The van der Waals surface area contributed by atoms with Crippen molar-refractivity contribution in [1.82, 2.24) is 4.98 Å². The average Bonchev–Trinajstić information content (AvgIpc) is 2.35. The Kier molecular flexibility index (Phi) is 6.01. The molecule has 0 aliphatic carbocycles. The van der Waals surface area contributed by atoms with Crippen molar-refractivity contribution in [3.63, 3.8) is 0 Å². The van der Waals surface area contributed by atoms with E-state index in [1.807, 2.05) is 0 Å². The summed E-state index contributed by atoms with van der Waals surface area (Å²) in [7, 11) is 0. The van der Waals surface area contributed by atoms with E-state index in [0.717, 1.165) is 0 Å². The van der Waals surface area contributed by atoms with Crippen LogP contribution in [-0.2, 0) is 4.74 Å². The molecule has 2 amide bonds. The highest BCUT2D eigenvalue weighted by Crippen LogP contribution is 2.39. The Bertz CT molecular complexity index is 589. The summed E-state index contributed by atoms with van der Waals surface area (Å²) >= 11 is 9.32. The summed E-state index contributed by atoms with van der Waals surface area (Å²) in [4.78, 5) is 27.7. The van der Waals surface area contributed by atoms with E-state index in [2.05, 4.69) is 20.9 Å². The third kappa shape index (κ3) is 4.48. The Balaban J connectivity index is 3.31. The van der Waals surface area contributed by atoms with Crippen LogP contribution in [0, 0.1) is 0 Å². The number of halogens is 2. The van der Waals surface area contributed by atoms with E-state index in [1.165, 1.54) is 6.20 Å². The Hall–Kier alpha value is -1.54. The Morgan fingerprint density at radius 3 is 2.50 bits per heavy atom. The molecule has 0 fully saturated rings. The number of aromatic nitrogens is 1. The number of amides is 2. The van der Waals surface area contributed by atoms with Gasteiger partial charge in [0.1, 0.15) is 10.6 Å². The fraction of sp³-hybridized carbons (Fsp3) is 0.462. The number of nitrogens with zero attached hydrogens (tertiary/aromatic N) is 2. The minimum Gasteiger partial charge on any atom is -0.491 e. The van der Waals surface area contributed by atoms with E-state index >= 15 is 0 Å². The number of carbonyl (C=O) groups is 2. The molecule has 22 heavy (non-hydrogen) atoms. The van der Waals surface area contributed by atoms with Crippen molar-refractivity contribution in [3.05, 3.63) is 15.7 Å². The summed E-state index contributed by atoms with van der Waals surface area (Å²) in [5.74, 6) is -0.0842. The zero-order valence-electron chi connectivity index (χ0n) is 12.5. The van der Waals surface area contributed by atoms with E-state index < -0.39 is 17.8 Å². The van der Waals surface area contributed by atoms with Gasteiger partial charge in [0, 0.05) is 6.20 Å². The maximum Gasteiger partial charge on any atom is 0.425 e. The number of pyridine rings is 1. The van der Waals surface area contributed by atoms with Crippen molar-refractivity contribution >= 4 is 45.5 Å². The maximum atomic E-state index is 12.1. The highest BCUT2D eigenvalue weighted by atomic mass is 79.9. The summed E-state index contributed by atoms with van der Waals surface area (Å²) < 4.78 is 10.8. The van der Waals surface area contributed by atoms with Crippen LogP contribution in [-0.4, -0.2) is 34.5 Å². The van der Waals surface area contributed by atoms with Gasteiger partial charge in [-0.25, -0.2) is 14.6 Å². The lowest BCUT2D eigenvalue weighted by atomic mass is 10.2. The van der Waals surface area contributed by atoms with Crippen LogP contribution in [0.1, 0.15) is 27.7 Å². The lowest BCUT2D eigenvalue weighted by molar-refractivity contribution is 0.0581. The van der Waals surface area contributed by atoms with Crippen LogP contribution >= 0.6 is 27.5 Å². The predicted octanol–water partition coefficient (Wildman–Crippen LogP) is 4.32. The van der Waals surface area contributed by atoms with Gasteiger partial charge in [-0.2, -0.15) is 4.90 Å². The largest absolute Gasteiger partial charge is 0.491 e. The van der Waals surface area contributed by atoms with Gasteiger partial charge in [-0.3, -0.25) is 0 Å². The lowest BCUT2D eigenvalue weighted by Gasteiger charge is -2.24. The van der Waals surface area contributed by atoms with Gasteiger partial charge in [0.05, 0.1) is 11.1 Å². The second kappa shape index (κ2) is 7.15. The van der Waals surface area contributed by atoms with Gasteiger partial charge < -0.3 is 14.6 Å². The first-order valence-corrected chi connectivity index (χ1v) is 7.48. The highest BCUT2D eigenvalue weighted by Gasteiger charge is 2.32. The maximum absolute atomic E-state index is 12.1. The molecule has 1 N–H and O–H groups in total. The molecule has 1 aromatic heterocycles. The molecule has 9 heteroatoms. The van der Waals surface area contributed by atoms with Crippen molar-refractivity contribution in [1.29, 1.82) is 0 Å². The highest BCUT2D eigenvalue weighted by molar-refractivity contribution is 9.10. The number of imide groups is 1. The van der Waals surface area contributed by atoms with Crippen LogP contribution < -0.4 is 9.64 Å². The Labute approximate surface area is 141 Å². The first-order valence-electron chi connectivity index (χ1n) is 6.31. The SMILES string of the molecule is CCOc1c(Br)cnc(N(C(=O)O)C(=O)OC(C)(C)C)c1Cl. The van der Waals surface area contributed by atoms with Crippen molar-refractivity contribution in [2.24, 2.45) is 0 Å². The molecule has 0 bridgehead atoms. The van der Waals surface area contributed by atoms with Crippen molar-refractivity contribution in [3.8, 4) is 5.75 Å². The predicted molar refractivity (Wildman–Crippen MR) is 84.9 cm³/mol. The van der Waals surface area contributed by atoms with Gasteiger partial charge in [-0.05, 0) is 43.6 Å². The number of ether oxygens (including phenoxy) is 2. The average molecular weight is 396 g/mol. The monoisotopic (exact) mass is 394 g/mol. The molecule has 0 radical (unpaired) electrons. The molecule has 1 rings (SSSR count). The quantitative estimate of drug-likeness (QED) is 0.820. The van der Waals surface area contributed by atoms with Gasteiger partial charge in [-0.1, -0.05) is 11.6 Å². The molecule has 122 valence electrons. The number of carboxylic acid groups (broad SMARTS) is 1. The molecule has 0 aromatic carbocycles. The van der Waals surface area contributed by atoms with Crippen LogP contribution in [0.3, 0.4) is 0 Å². The van der Waals surface area contributed by atoms with Crippen LogP contribution in [0.4, 0.5) is 15.4 Å². The number of anilines is 1. The normalized spacial score (nSPS) is 11.0. The molecule has 0 saturated heterocycles. The summed E-state index contributed by atoms with van der Waals surface area (Å²) in [6.45, 7) is 6.90.